The van der Waals surface area contributed by atoms with Crippen LogP contribution in [0.5, 0.6) is 0 Å². The summed E-state index contributed by atoms with van der Waals surface area (Å²) in [4.78, 5) is 17.7. The largest absolute Gasteiger partial charge is 0.393 e. The Bertz CT molecular complexity index is 548. The van der Waals surface area contributed by atoms with Gasteiger partial charge in [0.15, 0.2) is 0 Å². The third-order valence-electron chi connectivity index (χ3n) is 2.04. The Morgan fingerprint density at radius 2 is 2.27 bits per heavy atom. The Kier molecular flexibility index (Phi) is 2.37. The van der Waals surface area contributed by atoms with E-state index in [9.17, 15) is 4.79 Å². The first-order valence-electron chi connectivity index (χ1n) is 4.72. The number of hydrogen-bond donors (Lipinski definition) is 0. The highest BCUT2D eigenvalue weighted by Gasteiger charge is 2.05. The average Bonchev–Trinajstić information content (AvgIpc) is 2.22. The molecule has 0 saturated heterocycles. The maximum atomic E-state index is 11.8. The molecule has 0 aliphatic carbocycles. The lowest BCUT2D eigenvalue weighted by atomic mass is 10.2. The first-order valence-corrected chi connectivity index (χ1v) is 4.72. The van der Waals surface area contributed by atoms with Crippen LogP contribution in [0.25, 0.3) is 10.9 Å². The van der Waals surface area contributed by atoms with Crippen LogP contribution in [0.15, 0.2) is 23.0 Å². The molecule has 5 heteroatoms. The molecule has 1 heterocycles. The normalized spacial score (nSPS) is 10.5. The fourth-order valence-electron chi connectivity index (χ4n) is 1.34. The molecule has 5 nitrogen and oxygen atoms in total. The molecule has 0 atom stereocenters. The van der Waals surface area contributed by atoms with E-state index in [1.54, 1.807) is 13.0 Å². The number of benzene rings is 1. The second-order valence-electron chi connectivity index (χ2n) is 3.21. The van der Waals surface area contributed by atoms with Gasteiger partial charge in [-0.05, 0) is 41.6 Å². The van der Waals surface area contributed by atoms with E-state index in [2.05, 4.69) is 10.3 Å². The number of rotatable bonds is 2. The predicted molar refractivity (Wildman–Crippen MR) is 55.7 cm³/mol. The molecule has 15 heavy (non-hydrogen) atoms. The van der Waals surface area contributed by atoms with E-state index in [4.69, 9.17) is 4.84 Å². The van der Waals surface area contributed by atoms with Crippen LogP contribution in [0.2, 0.25) is 0 Å². The lowest BCUT2D eigenvalue weighted by Gasteiger charge is -2.03. The van der Waals surface area contributed by atoms with Gasteiger partial charge < -0.3 is 4.84 Å². The van der Waals surface area contributed by atoms with Crippen LogP contribution in [0, 0.1) is 6.92 Å². The summed E-state index contributed by atoms with van der Waals surface area (Å²) >= 11 is 0. The SMILES string of the molecule is CCOn1nnc2cc(C)ccc2c1=O. The Labute approximate surface area is 86.2 Å². The van der Waals surface area contributed by atoms with Gasteiger partial charge in [0.1, 0.15) is 12.1 Å². The molecule has 0 unspecified atom stereocenters. The van der Waals surface area contributed by atoms with Gasteiger partial charge in [-0.25, -0.2) is 0 Å². The molecule has 2 aromatic rings. The van der Waals surface area contributed by atoms with Crippen molar-refractivity contribution in [3.05, 3.63) is 34.1 Å². The number of aromatic nitrogens is 3. The Hall–Kier alpha value is -1.91. The van der Waals surface area contributed by atoms with Gasteiger partial charge in [-0.15, -0.1) is 5.10 Å². The number of hydrogen-bond acceptors (Lipinski definition) is 4. The van der Waals surface area contributed by atoms with Gasteiger partial charge in [0.25, 0.3) is 0 Å². The van der Waals surface area contributed by atoms with Crippen molar-refractivity contribution in [3.8, 4) is 0 Å². The summed E-state index contributed by atoms with van der Waals surface area (Å²) < 4.78 is 0. The molecular weight excluding hydrogens is 194 g/mol. The van der Waals surface area contributed by atoms with Crippen LogP contribution in [0.3, 0.4) is 0 Å². The molecule has 0 radical (unpaired) electrons. The standard InChI is InChI=1S/C10H11N3O2/c1-3-15-13-10(14)8-5-4-7(2)6-9(8)11-12-13/h4-6H,3H2,1-2H3. The molecule has 2 rings (SSSR count). The summed E-state index contributed by atoms with van der Waals surface area (Å²) in [5, 5.41) is 8.10. The monoisotopic (exact) mass is 205 g/mol. The van der Waals surface area contributed by atoms with Crippen molar-refractivity contribution in [2.45, 2.75) is 13.8 Å². The van der Waals surface area contributed by atoms with Crippen LogP contribution >= 0.6 is 0 Å². The summed E-state index contributed by atoms with van der Waals surface area (Å²) in [5.41, 5.74) is 1.36. The first-order chi connectivity index (χ1) is 7.22. The topological polar surface area (TPSA) is 57.0 Å². The van der Waals surface area contributed by atoms with E-state index in [0.717, 1.165) is 10.4 Å². The molecule has 78 valence electrons. The van der Waals surface area contributed by atoms with E-state index in [1.807, 2.05) is 19.1 Å². The van der Waals surface area contributed by atoms with Gasteiger partial charge in [-0.1, -0.05) is 6.07 Å². The molecule has 0 fully saturated rings. The molecule has 0 spiro atoms. The Balaban J connectivity index is 2.69. The molecule has 0 amide bonds. The van der Waals surface area contributed by atoms with Crippen molar-refractivity contribution in [2.24, 2.45) is 0 Å². The van der Waals surface area contributed by atoms with E-state index in [-0.39, 0.29) is 5.56 Å². The second kappa shape index (κ2) is 3.68. The average molecular weight is 205 g/mol. The summed E-state index contributed by atoms with van der Waals surface area (Å²) in [7, 11) is 0. The van der Waals surface area contributed by atoms with Crippen LogP contribution in [0.4, 0.5) is 0 Å². The maximum absolute atomic E-state index is 11.8. The van der Waals surface area contributed by atoms with Gasteiger partial charge in [-0.2, -0.15) is 0 Å². The fraction of sp³-hybridized carbons (Fsp3) is 0.300. The van der Waals surface area contributed by atoms with Crippen LogP contribution in [0.1, 0.15) is 12.5 Å². The van der Waals surface area contributed by atoms with E-state index < -0.39 is 0 Å². The van der Waals surface area contributed by atoms with E-state index in [0.29, 0.717) is 17.5 Å². The fourth-order valence-corrected chi connectivity index (χ4v) is 1.34. The van der Waals surface area contributed by atoms with Crippen molar-refractivity contribution >= 4 is 10.9 Å². The summed E-state index contributed by atoms with van der Waals surface area (Å²) in [6.45, 7) is 4.11. The maximum Gasteiger partial charge on any atom is 0.314 e. The van der Waals surface area contributed by atoms with Crippen LogP contribution in [-0.2, 0) is 0 Å². The molecule has 1 aromatic carbocycles. The zero-order chi connectivity index (χ0) is 10.8. The highest BCUT2D eigenvalue weighted by molar-refractivity contribution is 5.77. The molecule has 0 bridgehead atoms. The third kappa shape index (κ3) is 1.68. The van der Waals surface area contributed by atoms with Crippen molar-refractivity contribution in [3.63, 3.8) is 0 Å². The van der Waals surface area contributed by atoms with Gasteiger partial charge in [-0.3, -0.25) is 4.79 Å². The molecule has 0 aliphatic rings. The van der Waals surface area contributed by atoms with Crippen molar-refractivity contribution < 1.29 is 4.84 Å². The van der Waals surface area contributed by atoms with Crippen molar-refractivity contribution in [1.82, 2.24) is 15.2 Å². The van der Waals surface area contributed by atoms with Crippen molar-refractivity contribution in [1.29, 1.82) is 0 Å². The van der Waals surface area contributed by atoms with Gasteiger partial charge in [0, 0.05) is 0 Å². The summed E-state index contributed by atoms with van der Waals surface area (Å²) in [6, 6.07) is 5.42. The Morgan fingerprint density at radius 1 is 1.47 bits per heavy atom. The predicted octanol–water partition coefficient (Wildman–Crippen LogP) is 0.548. The zero-order valence-corrected chi connectivity index (χ0v) is 8.60. The van der Waals surface area contributed by atoms with E-state index in [1.165, 1.54) is 0 Å². The molecule has 0 N–H and O–H groups in total. The molecule has 0 aliphatic heterocycles. The van der Waals surface area contributed by atoms with Gasteiger partial charge in [0.2, 0.25) is 0 Å². The van der Waals surface area contributed by atoms with E-state index >= 15 is 0 Å². The number of nitrogens with zero attached hydrogens (tertiary/aromatic N) is 3. The molecule has 1 aromatic heterocycles. The number of fused-ring (bicyclic) bond motifs is 1. The third-order valence-corrected chi connectivity index (χ3v) is 2.04. The Morgan fingerprint density at radius 3 is 3.00 bits per heavy atom. The molecular formula is C10H11N3O2. The smallest absolute Gasteiger partial charge is 0.314 e. The van der Waals surface area contributed by atoms with Gasteiger partial charge >= 0.3 is 5.56 Å². The summed E-state index contributed by atoms with van der Waals surface area (Å²) in [5.74, 6) is 0. The minimum atomic E-state index is -0.276. The highest BCUT2D eigenvalue weighted by atomic mass is 16.7. The number of aryl methyl sites for hydroxylation is 1. The van der Waals surface area contributed by atoms with Crippen LogP contribution in [-0.4, -0.2) is 21.8 Å². The summed E-state index contributed by atoms with van der Waals surface area (Å²) in [6.07, 6.45) is 0. The van der Waals surface area contributed by atoms with Crippen molar-refractivity contribution in [2.75, 3.05) is 6.61 Å². The lowest BCUT2D eigenvalue weighted by molar-refractivity contribution is 0.0765. The molecule has 0 saturated carbocycles. The first kappa shape index (κ1) is 9.64. The highest BCUT2D eigenvalue weighted by Crippen LogP contribution is 2.07. The van der Waals surface area contributed by atoms with Gasteiger partial charge in [0.05, 0.1) is 5.39 Å². The van der Waals surface area contributed by atoms with Crippen LogP contribution < -0.4 is 10.4 Å². The minimum Gasteiger partial charge on any atom is -0.393 e. The minimum absolute atomic E-state index is 0.276. The quantitative estimate of drug-likeness (QED) is 0.718. The second-order valence-corrected chi connectivity index (χ2v) is 3.21. The lowest BCUT2D eigenvalue weighted by Crippen LogP contribution is -2.30. The zero-order valence-electron chi connectivity index (χ0n) is 8.60.